The molecule has 0 bridgehead atoms. The number of rotatable bonds is 4. The zero-order chi connectivity index (χ0) is 14.6. The Kier molecular flexibility index (Phi) is 8.31. The van der Waals surface area contributed by atoms with Gasteiger partial charge < -0.3 is 15.2 Å². The number of hydrogen-bond donors (Lipinski definition) is 1. The lowest BCUT2D eigenvalue weighted by Crippen LogP contribution is -2.38. The van der Waals surface area contributed by atoms with E-state index >= 15 is 0 Å². The Bertz CT molecular complexity index is 305. The molecule has 114 valence electrons. The Hall–Kier alpha value is -0.810. The van der Waals surface area contributed by atoms with Gasteiger partial charge in [0, 0.05) is 6.42 Å². The summed E-state index contributed by atoms with van der Waals surface area (Å²) in [4.78, 5) is 23.0. The van der Waals surface area contributed by atoms with E-state index < -0.39 is 23.2 Å². The monoisotopic (exact) mass is 295 g/mol. The maximum absolute atomic E-state index is 11.6. The van der Waals surface area contributed by atoms with E-state index in [1.165, 1.54) is 0 Å². The number of carbonyl (C=O) groups is 2. The van der Waals surface area contributed by atoms with Gasteiger partial charge in [0.25, 0.3) is 0 Å². The smallest absolute Gasteiger partial charge is 0.323 e. The summed E-state index contributed by atoms with van der Waals surface area (Å²) in [5.41, 5.74) is 4.56. The molecule has 0 aromatic heterocycles. The molecule has 0 saturated heterocycles. The van der Waals surface area contributed by atoms with Gasteiger partial charge >= 0.3 is 11.9 Å². The van der Waals surface area contributed by atoms with Crippen molar-refractivity contribution in [3.8, 4) is 0 Å². The van der Waals surface area contributed by atoms with Crippen molar-refractivity contribution in [2.75, 3.05) is 0 Å². The molecule has 0 rings (SSSR count). The zero-order valence-corrected chi connectivity index (χ0v) is 13.4. The summed E-state index contributed by atoms with van der Waals surface area (Å²) in [5.74, 6) is -0.854. The molecule has 0 fully saturated rings. The van der Waals surface area contributed by atoms with Gasteiger partial charge in [-0.2, -0.15) is 0 Å². The van der Waals surface area contributed by atoms with Crippen LogP contribution in [0.4, 0.5) is 0 Å². The maximum Gasteiger partial charge on any atom is 0.323 e. The van der Waals surface area contributed by atoms with Gasteiger partial charge in [-0.25, -0.2) is 0 Å². The molecule has 0 aliphatic heterocycles. The highest BCUT2D eigenvalue weighted by molar-refractivity contribution is 5.85. The fourth-order valence-corrected chi connectivity index (χ4v) is 1.16. The maximum atomic E-state index is 11.6. The molecule has 2 N–H and O–H groups in total. The molecule has 1 atom stereocenters. The molecule has 0 spiro atoms. The van der Waals surface area contributed by atoms with E-state index in [2.05, 4.69) is 0 Å². The van der Waals surface area contributed by atoms with E-state index in [1.807, 2.05) is 0 Å². The molecule has 0 radical (unpaired) electrons. The van der Waals surface area contributed by atoms with Crippen LogP contribution < -0.4 is 5.73 Å². The number of nitrogens with two attached hydrogens (primary N) is 1. The summed E-state index contributed by atoms with van der Waals surface area (Å²) in [6.45, 7) is 10.7. The third-order valence-electron chi connectivity index (χ3n) is 1.79. The third kappa shape index (κ3) is 12.0. The fourth-order valence-electron chi connectivity index (χ4n) is 1.16. The molecule has 0 aliphatic carbocycles. The first-order chi connectivity index (χ1) is 7.91. The second kappa shape index (κ2) is 7.70. The Morgan fingerprint density at radius 1 is 1.00 bits per heavy atom. The summed E-state index contributed by atoms with van der Waals surface area (Å²) in [5, 5.41) is 0. The predicted octanol–water partition coefficient (Wildman–Crippen LogP) is 2.20. The summed E-state index contributed by atoms with van der Waals surface area (Å²) in [6.07, 6.45) is 0.335. The highest BCUT2D eigenvalue weighted by atomic mass is 35.5. The number of ether oxygens (including phenoxy) is 2. The number of hydrogen-bond acceptors (Lipinski definition) is 5. The van der Waals surface area contributed by atoms with Gasteiger partial charge in [-0.3, -0.25) is 9.59 Å². The van der Waals surface area contributed by atoms with Crippen molar-refractivity contribution < 1.29 is 19.1 Å². The molecule has 0 aliphatic rings. The summed E-state index contributed by atoms with van der Waals surface area (Å²) in [6, 6.07) is -0.795. The van der Waals surface area contributed by atoms with Crippen molar-refractivity contribution in [1.29, 1.82) is 0 Å². The van der Waals surface area contributed by atoms with Crippen molar-refractivity contribution in [2.24, 2.45) is 5.73 Å². The number of halogens is 1. The quantitative estimate of drug-likeness (QED) is 0.804. The largest absolute Gasteiger partial charge is 0.460 e. The van der Waals surface area contributed by atoms with Gasteiger partial charge in [-0.15, -0.1) is 12.4 Å². The average Bonchev–Trinajstić information content (AvgIpc) is 2.08. The summed E-state index contributed by atoms with van der Waals surface area (Å²) >= 11 is 0. The minimum Gasteiger partial charge on any atom is -0.460 e. The Labute approximate surface area is 121 Å². The lowest BCUT2D eigenvalue weighted by atomic mass is 10.1. The van der Waals surface area contributed by atoms with Gasteiger partial charge in [0.05, 0.1) is 0 Å². The van der Waals surface area contributed by atoms with Crippen LogP contribution in [0.1, 0.15) is 54.4 Å². The van der Waals surface area contributed by atoms with E-state index in [-0.39, 0.29) is 31.2 Å². The fraction of sp³-hybridized carbons (Fsp3) is 0.846. The molecule has 19 heavy (non-hydrogen) atoms. The van der Waals surface area contributed by atoms with E-state index in [1.54, 1.807) is 41.5 Å². The first-order valence-electron chi connectivity index (χ1n) is 6.11. The first-order valence-corrected chi connectivity index (χ1v) is 6.11. The van der Waals surface area contributed by atoms with E-state index in [0.29, 0.717) is 0 Å². The average molecular weight is 296 g/mol. The molecule has 0 aromatic rings. The standard InChI is InChI=1S/C13H25NO4.ClH/c1-12(2,3)17-10(15)8-7-9(14)11(16)18-13(4,5)6;/h9H,7-8,14H2,1-6H3;1H. The van der Waals surface area contributed by atoms with Crippen LogP contribution in [-0.4, -0.2) is 29.2 Å². The molecule has 6 heteroatoms. The number of carbonyl (C=O) groups excluding carboxylic acids is 2. The van der Waals surface area contributed by atoms with Crippen LogP contribution in [0.2, 0.25) is 0 Å². The zero-order valence-electron chi connectivity index (χ0n) is 12.6. The molecule has 0 amide bonds. The van der Waals surface area contributed by atoms with E-state index in [4.69, 9.17) is 15.2 Å². The SMILES string of the molecule is CC(C)(C)OC(=O)CCC(N)C(=O)OC(C)(C)C.Cl. The second-order valence-corrected chi connectivity index (χ2v) is 6.27. The van der Waals surface area contributed by atoms with Crippen LogP contribution in [-0.2, 0) is 19.1 Å². The van der Waals surface area contributed by atoms with Gasteiger partial charge in [0.1, 0.15) is 17.2 Å². The van der Waals surface area contributed by atoms with Gasteiger partial charge in [-0.05, 0) is 48.0 Å². The molecule has 1 unspecified atom stereocenters. The van der Waals surface area contributed by atoms with Crippen LogP contribution in [0.5, 0.6) is 0 Å². The number of esters is 2. The molecular formula is C13H26ClNO4. The molecule has 5 nitrogen and oxygen atoms in total. The predicted molar refractivity (Wildman–Crippen MR) is 76.1 cm³/mol. The lowest BCUT2D eigenvalue weighted by molar-refractivity contribution is -0.157. The highest BCUT2D eigenvalue weighted by Gasteiger charge is 2.24. The normalized spacial score (nSPS) is 13.2. The van der Waals surface area contributed by atoms with Crippen LogP contribution in [0.15, 0.2) is 0 Å². The van der Waals surface area contributed by atoms with Crippen molar-refractivity contribution >= 4 is 24.3 Å². The Morgan fingerprint density at radius 3 is 1.79 bits per heavy atom. The van der Waals surface area contributed by atoms with Gasteiger partial charge in [0.15, 0.2) is 0 Å². The first kappa shape index (κ1) is 20.5. The minimum absolute atomic E-state index is 0. The van der Waals surface area contributed by atoms with Crippen molar-refractivity contribution in [1.82, 2.24) is 0 Å². The molecule has 0 saturated carbocycles. The van der Waals surface area contributed by atoms with Crippen LogP contribution in [0.25, 0.3) is 0 Å². The Balaban J connectivity index is 0. The molecule has 0 aromatic carbocycles. The third-order valence-corrected chi connectivity index (χ3v) is 1.79. The lowest BCUT2D eigenvalue weighted by Gasteiger charge is -2.22. The van der Waals surface area contributed by atoms with Gasteiger partial charge in [-0.1, -0.05) is 0 Å². The second-order valence-electron chi connectivity index (χ2n) is 6.27. The molecule has 0 heterocycles. The van der Waals surface area contributed by atoms with E-state index in [0.717, 1.165) is 0 Å². The van der Waals surface area contributed by atoms with Crippen molar-refractivity contribution in [3.05, 3.63) is 0 Å². The highest BCUT2D eigenvalue weighted by Crippen LogP contribution is 2.12. The minimum atomic E-state index is -0.795. The summed E-state index contributed by atoms with van der Waals surface area (Å²) in [7, 11) is 0. The van der Waals surface area contributed by atoms with Crippen molar-refractivity contribution in [3.63, 3.8) is 0 Å². The van der Waals surface area contributed by atoms with Crippen molar-refractivity contribution in [2.45, 2.75) is 71.6 Å². The van der Waals surface area contributed by atoms with Gasteiger partial charge in [0.2, 0.25) is 0 Å². The van der Waals surface area contributed by atoms with Crippen LogP contribution >= 0.6 is 12.4 Å². The van der Waals surface area contributed by atoms with E-state index in [9.17, 15) is 9.59 Å². The summed E-state index contributed by atoms with van der Waals surface area (Å²) < 4.78 is 10.2. The topological polar surface area (TPSA) is 78.6 Å². The van der Waals surface area contributed by atoms with Crippen LogP contribution in [0.3, 0.4) is 0 Å². The molecular weight excluding hydrogens is 270 g/mol. The van der Waals surface area contributed by atoms with Crippen LogP contribution in [0, 0.1) is 0 Å². The Morgan fingerprint density at radius 2 is 1.42 bits per heavy atom.